The highest BCUT2D eigenvalue weighted by Crippen LogP contribution is 2.38. The number of hydrogen-bond acceptors (Lipinski definition) is 3. The van der Waals surface area contributed by atoms with E-state index in [1.807, 2.05) is 11.3 Å². The van der Waals surface area contributed by atoms with Crippen molar-refractivity contribution in [2.75, 3.05) is 20.1 Å². The van der Waals surface area contributed by atoms with E-state index in [-0.39, 0.29) is 0 Å². The van der Waals surface area contributed by atoms with Crippen LogP contribution in [0.15, 0.2) is 15.9 Å². The molecule has 19 heavy (non-hydrogen) atoms. The molecule has 0 spiro atoms. The monoisotopic (exact) mass is 344 g/mol. The molecule has 0 aromatic carbocycles. The Morgan fingerprint density at radius 2 is 2.21 bits per heavy atom. The molecule has 2 atom stereocenters. The summed E-state index contributed by atoms with van der Waals surface area (Å²) in [5.74, 6) is 0.723. The van der Waals surface area contributed by atoms with Crippen LogP contribution in [0.2, 0.25) is 0 Å². The number of rotatable bonds is 4. The van der Waals surface area contributed by atoms with E-state index in [9.17, 15) is 0 Å². The molecule has 2 rings (SSSR count). The molecule has 0 amide bonds. The van der Waals surface area contributed by atoms with Gasteiger partial charge in [-0.25, -0.2) is 0 Å². The Bertz CT molecular complexity index is 391. The Balaban J connectivity index is 2.15. The first-order valence-electron chi connectivity index (χ1n) is 7.26. The van der Waals surface area contributed by atoms with E-state index in [0.29, 0.717) is 12.1 Å². The molecule has 1 aliphatic rings. The first kappa shape index (κ1) is 15.5. The zero-order chi connectivity index (χ0) is 13.8. The highest BCUT2D eigenvalue weighted by Gasteiger charge is 2.29. The van der Waals surface area contributed by atoms with Crippen LogP contribution in [0.25, 0.3) is 0 Å². The van der Waals surface area contributed by atoms with Crippen molar-refractivity contribution >= 4 is 27.3 Å². The van der Waals surface area contributed by atoms with Crippen LogP contribution in [-0.2, 0) is 0 Å². The topological polar surface area (TPSA) is 15.3 Å². The normalized spacial score (nSPS) is 25.7. The van der Waals surface area contributed by atoms with Crippen LogP contribution in [0.1, 0.15) is 44.0 Å². The average molecular weight is 345 g/mol. The van der Waals surface area contributed by atoms with Crippen molar-refractivity contribution in [1.82, 2.24) is 10.2 Å². The second-order valence-corrected chi connectivity index (χ2v) is 8.38. The Morgan fingerprint density at radius 3 is 2.84 bits per heavy atom. The first-order chi connectivity index (χ1) is 9.08. The zero-order valence-corrected chi connectivity index (χ0v) is 14.6. The van der Waals surface area contributed by atoms with E-state index in [0.717, 1.165) is 12.5 Å². The summed E-state index contributed by atoms with van der Waals surface area (Å²) < 4.78 is 1.25. The predicted molar refractivity (Wildman–Crippen MR) is 87.9 cm³/mol. The molecule has 1 aliphatic heterocycles. The van der Waals surface area contributed by atoms with E-state index < -0.39 is 0 Å². The fourth-order valence-corrected chi connectivity index (χ4v) is 4.65. The van der Waals surface area contributed by atoms with Crippen molar-refractivity contribution in [3.8, 4) is 0 Å². The van der Waals surface area contributed by atoms with Gasteiger partial charge < -0.3 is 5.32 Å². The summed E-state index contributed by atoms with van der Waals surface area (Å²) in [4.78, 5) is 4.06. The molecule has 2 heterocycles. The summed E-state index contributed by atoms with van der Waals surface area (Å²) in [6.07, 6.45) is 4.03. The third-order valence-electron chi connectivity index (χ3n) is 3.93. The molecule has 1 fully saturated rings. The average Bonchev–Trinajstić information content (AvgIpc) is 2.67. The molecular formula is C15H25BrN2S. The molecule has 0 aliphatic carbocycles. The first-order valence-corrected chi connectivity index (χ1v) is 8.87. The zero-order valence-electron chi connectivity index (χ0n) is 12.2. The highest BCUT2D eigenvalue weighted by molar-refractivity contribution is 9.11. The van der Waals surface area contributed by atoms with Crippen LogP contribution in [0.3, 0.4) is 0 Å². The maximum Gasteiger partial charge on any atom is 0.0701 e. The molecule has 4 heteroatoms. The minimum absolute atomic E-state index is 0.573. The molecule has 0 radical (unpaired) electrons. The van der Waals surface area contributed by atoms with Gasteiger partial charge in [0.05, 0.1) is 3.79 Å². The Labute approximate surface area is 129 Å². The summed E-state index contributed by atoms with van der Waals surface area (Å²) in [7, 11) is 2.28. The van der Waals surface area contributed by atoms with Gasteiger partial charge >= 0.3 is 0 Å². The largest absolute Gasteiger partial charge is 0.314 e. The maximum atomic E-state index is 3.64. The Hall–Kier alpha value is 0.1000. The van der Waals surface area contributed by atoms with Gasteiger partial charge in [-0.15, -0.1) is 11.3 Å². The summed E-state index contributed by atoms with van der Waals surface area (Å²) in [6.45, 7) is 6.81. The molecule has 1 saturated heterocycles. The lowest BCUT2D eigenvalue weighted by molar-refractivity contribution is 0.190. The van der Waals surface area contributed by atoms with Crippen LogP contribution in [0.5, 0.6) is 0 Å². The van der Waals surface area contributed by atoms with Gasteiger partial charge in [0.1, 0.15) is 0 Å². The molecule has 108 valence electrons. The summed E-state index contributed by atoms with van der Waals surface area (Å²) in [6, 6.07) is 5.63. The van der Waals surface area contributed by atoms with Gasteiger partial charge in [0, 0.05) is 23.5 Å². The Morgan fingerprint density at radius 1 is 1.42 bits per heavy atom. The molecule has 2 nitrogen and oxygen atoms in total. The maximum absolute atomic E-state index is 3.64. The fraction of sp³-hybridized carbons (Fsp3) is 0.733. The smallest absolute Gasteiger partial charge is 0.0701 e. The van der Waals surface area contributed by atoms with E-state index in [1.165, 1.54) is 34.5 Å². The second kappa shape index (κ2) is 7.21. The van der Waals surface area contributed by atoms with Crippen LogP contribution in [0, 0.1) is 5.92 Å². The summed E-state index contributed by atoms with van der Waals surface area (Å²) in [5, 5.41) is 3.64. The Kier molecular flexibility index (Phi) is 5.87. The van der Waals surface area contributed by atoms with Gasteiger partial charge in [-0.05, 0) is 60.4 Å². The molecule has 2 unspecified atom stereocenters. The van der Waals surface area contributed by atoms with Crippen molar-refractivity contribution in [1.29, 1.82) is 0 Å². The summed E-state index contributed by atoms with van der Waals surface area (Å²) >= 11 is 5.50. The molecule has 1 aromatic rings. The molecule has 1 N–H and O–H groups in total. The van der Waals surface area contributed by atoms with Crippen LogP contribution in [0.4, 0.5) is 0 Å². The van der Waals surface area contributed by atoms with Gasteiger partial charge in [-0.1, -0.05) is 20.3 Å². The second-order valence-electron chi connectivity index (χ2n) is 5.89. The quantitative estimate of drug-likeness (QED) is 0.876. The van der Waals surface area contributed by atoms with E-state index >= 15 is 0 Å². The van der Waals surface area contributed by atoms with Crippen LogP contribution in [-0.4, -0.2) is 31.1 Å². The van der Waals surface area contributed by atoms with Crippen LogP contribution < -0.4 is 5.32 Å². The number of thiophene rings is 1. The van der Waals surface area contributed by atoms with E-state index in [4.69, 9.17) is 0 Å². The van der Waals surface area contributed by atoms with Crippen molar-refractivity contribution in [2.24, 2.45) is 5.92 Å². The van der Waals surface area contributed by atoms with Crippen molar-refractivity contribution in [3.63, 3.8) is 0 Å². The molecule has 0 bridgehead atoms. The number of nitrogens with zero attached hydrogens (tertiary/aromatic N) is 1. The van der Waals surface area contributed by atoms with Gasteiger partial charge in [-0.2, -0.15) is 0 Å². The van der Waals surface area contributed by atoms with Crippen molar-refractivity contribution < 1.29 is 0 Å². The van der Waals surface area contributed by atoms with Gasteiger partial charge in [-0.3, -0.25) is 4.90 Å². The SMILES string of the molecule is CC(C)NCC1CCCCN(C)C1c1ccc(Br)s1. The molecule has 1 aromatic heterocycles. The third kappa shape index (κ3) is 4.28. The lowest BCUT2D eigenvalue weighted by atomic mass is 9.93. The third-order valence-corrected chi connectivity index (χ3v) is 5.63. The minimum Gasteiger partial charge on any atom is -0.314 e. The standard InChI is InChI=1S/C15H25BrN2S/c1-11(2)17-10-12-6-4-5-9-18(3)15(12)13-7-8-14(16)19-13/h7-8,11-12,15,17H,4-6,9-10H2,1-3H3. The van der Waals surface area contributed by atoms with Crippen LogP contribution >= 0.6 is 27.3 Å². The number of hydrogen-bond donors (Lipinski definition) is 1. The summed E-state index contributed by atoms with van der Waals surface area (Å²) in [5.41, 5.74) is 0. The number of nitrogens with one attached hydrogen (secondary N) is 1. The predicted octanol–water partition coefficient (Wildman–Crippen LogP) is 4.28. The van der Waals surface area contributed by atoms with Crippen molar-refractivity contribution in [2.45, 2.75) is 45.2 Å². The van der Waals surface area contributed by atoms with Gasteiger partial charge in [0.2, 0.25) is 0 Å². The minimum atomic E-state index is 0.573. The lowest BCUT2D eigenvalue weighted by Crippen LogP contribution is -2.36. The van der Waals surface area contributed by atoms with E-state index in [2.05, 4.69) is 59.2 Å². The molecule has 0 saturated carbocycles. The molecular weight excluding hydrogens is 320 g/mol. The lowest BCUT2D eigenvalue weighted by Gasteiger charge is -2.32. The van der Waals surface area contributed by atoms with Crippen molar-refractivity contribution in [3.05, 3.63) is 20.8 Å². The van der Waals surface area contributed by atoms with Gasteiger partial charge in [0.25, 0.3) is 0 Å². The number of halogens is 1. The highest BCUT2D eigenvalue weighted by atomic mass is 79.9. The van der Waals surface area contributed by atoms with Gasteiger partial charge in [0.15, 0.2) is 0 Å². The number of likely N-dealkylation sites (tertiary alicyclic amines) is 1. The van der Waals surface area contributed by atoms with E-state index in [1.54, 1.807) is 0 Å². The fourth-order valence-electron chi connectivity index (χ4n) is 2.96.